The Morgan fingerprint density at radius 1 is 1.04 bits per heavy atom. The van der Waals surface area contributed by atoms with Gasteiger partial charge in [-0.3, -0.25) is 14.7 Å². The number of rotatable bonds is 5. The number of quaternary nitrogens is 1. The Balaban J connectivity index is 0.901. The predicted molar refractivity (Wildman–Crippen MR) is 213 cm³/mol. The van der Waals surface area contributed by atoms with Crippen LogP contribution in [0.5, 0.6) is 11.5 Å². The summed E-state index contributed by atoms with van der Waals surface area (Å²) in [5.74, 6) is 0.852. The van der Waals surface area contributed by atoms with Crippen molar-refractivity contribution in [3.05, 3.63) is 91.7 Å². The minimum atomic E-state index is -1.07. The number of carbonyl (C=O) groups excluding carboxylic acids is 1. The van der Waals surface area contributed by atoms with Crippen LogP contribution >= 0.6 is 0 Å². The minimum Gasteiger partial charge on any atom is -0.507 e. The number of anilines is 2. The molecule has 0 radical (unpaired) electrons. The van der Waals surface area contributed by atoms with Gasteiger partial charge in [-0.15, -0.1) is 0 Å². The number of allylic oxidation sites excluding steroid dienone is 1. The highest BCUT2D eigenvalue weighted by atomic mass is 16.7. The number of fused-ring (bicyclic) bond motifs is 8. The standard InChI is InChI=1S/C44H46N6O7/c1-22-15-31(51)37-32(54-22)18-33-36(39(37)52)28-7-4-5-13-44(42(53)55-40(28)43(2,3)56-33)34(57-44)11-10-23-16-35(45)49-38-26(23)8-6-9-27-29(38)17-25(48-41(27)46)20-50-19-24-12-14-47-30(24)21-50/h12,14-18,21,28,34,40,52H,4-11,13,19-20H2,1-3H3,(H2,45,49)(H2,46,48)/p+1. The number of nitrogens with one attached hydrogen (secondary N) is 1. The van der Waals surface area contributed by atoms with E-state index >= 15 is 0 Å². The molecule has 5 atom stereocenters. The van der Waals surface area contributed by atoms with Gasteiger partial charge in [0.15, 0.2) is 11.0 Å². The second kappa shape index (κ2) is 13.0. The van der Waals surface area contributed by atoms with Crippen molar-refractivity contribution in [2.24, 2.45) is 4.99 Å². The summed E-state index contributed by atoms with van der Waals surface area (Å²) in [4.78, 5) is 42.7. The van der Waals surface area contributed by atoms with E-state index in [2.05, 4.69) is 23.3 Å². The number of epoxide rings is 1. The summed E-state index contributed by atoms with van der Waals surface area (Å²) in [6, 6.07) is 7.13. The first-order valence-corrected chi connectivity index (χ1v) is 20.1. The van der Waals surface area contributed by atoms with Crippen molar-refractivity contribution >= 4 is 34.8 Å². The van der Waals surface area contributed by atoms with Crippen molar-refractivity contribution in [3.8, 4) is 22.8 Å². The third kappa shape index (κ3) is 5.92. The quantitative estimate of drug-likeness (QED) is 0.163. The average Bonchev–Trinajstić information content (AvgIpc) is 3.53. The van der Waals surface area contributed by atoms with Crippen LogP contribution < -0.4 is 26.5 Å². The molecule has 10 rings (SSSR count). The lowest BCUT2D eigenvalue weighted by Gasteiger charge is -2.44. The number of ether oxygens (including phenoxy) is 3. The fourth-order valence-electron chi connectivity index (χ4n) is 10.1. The molecule has 2 fully saturated rings. The molecule has 2 saturated heterocycles. The Morgan fingerprint density at radius 3 is 2.72 bits per heavy atom. The number of carbonyl (C=O) groups is 1. The Kier molecular flexibility index (Phi) is 8.18. The molecule has 6 N–H and O–H groups in total. The Morgan fingerprint density at radius 2 is 1.88 bits per heavy atom. The largest absolute Gasteiger partial charge is 0.507 e. The number of aliphatic imine (C=N–C) groups is 1. The number of benzene rings is 1. The monoisotopic (exact) mass is 771 g/mol. The number of nitrogens with zero attached hydrogens (tertiary/aromatic N) is 3. The smallest absolute Gasteiger partial charge is 0.341 e. The summed E-state index contributed by atoms with van der Waals surface area (Å²) in [5.41, 5.74) is 19.8. The molecule has 1 aliphatic carbocycles. The van der Waals surface area contributed by atoms with Gasteiger partial charge in [-0.1, -0.05) is 6.42 Å². The maximum absolute atomic E-state index is 14.3. The van der Waals surface area contributed by atoms with Gasteiger partial charge >= 0.3 is 5.97 Å². The maximum Gasteiger partial charge on any atom is 0.341 e. The molecule has 1 aromatic carbocycles. The first-order chi connectivity index (χ1) is 27.4. The Hall–Kier alpha value is -5.53. The fourth-order valence-corrected chi connectivity index (χ4v) is 10.1. The van der Waals surface area contributed by atoms with Crippen molar-refractivity contribution in [3.63, 3.8) is 0 Å². The molecule has 13 heteroatoms. The summed E-state index contributed by atoms with van der Waals surface area (Å²) in [5, 5.41) is 11.7. The van der Waals surface area contributed by atoms with E-state index in [1.807, 2.05) is 26.1 Å². The minimum absolute atomic E-state index is 0.102. The van der Waals surface area contributed by atoms with Gasteiger partial charge in [0.1, 0.15) is 76.6 Å². The van der Waals surface area contributed by atoms with Gasteiger partial charge in [-0.2, -0.15) is 0 Å². The van der Waals surface area contributed by atoms with Crippen molar-refractivity contribution in [2.75, 3.05) is 18.0 Å². The van der Waals surface area contributed by atoms with Crippen LogP contribution in [0.15, 0.2) is 62.0 Å². The van der Waals surface area contributed by atoms with E-state index < -0.39 is 29.2 Å². The lowest BCUT2D eigenvalue weighted by Crippen LogP contribution is -3.04. The third-order valence-electron chi connectivity index (χ3n) is 12.8. The molecule has 8 heterocycles. The number of hydrogen-bond acceptors (Lipinski definition) is 12. The number of phenols is 1. The van der Waals surface area contributed by atoms with E-state index in [1.165, 1.54) is 16.5 Å². The molecule has 0 bridgehead atoms. The van der Waals surface area contributed by atoms with Crippen molar-refractivity contribution in [2.45, 2.75) is 114 Å². The molecule has 13 nitrogen and oxygen atoms in total. The Labute approximate surface area is 329 Å². The molecular formula is C44H47N6O7+. The molecule has 1 spiro atoms. The number of phenolic OH excluding ortho intramolecular Hbond substituents is 1. The van der Waals surface area contributed by atoms with E-state index in [4.69, 9.17) is 40.1 Å². The molecular weight excluding hydrogens is 725 g/mol. The molecule has 6 aliphatic rings. The number of esters is 1. The molecule has 5 unspecified atom stereocenters. The first-order valence-electron chi connectivity index (χ1n) is 20.1. The van der Waals surface area contributed by atoms with Crippen LogP contribution in [0.3, 0.4) is 0 Å². The highest BCUT2D eigenvalue weighted by molar-refractivity contribution is 5.88. The number of aromatic hydroxyl groups is 1. The molecule has 3 aromatic heterocycles. The van der Waals surface area contributed by atoms with Crippen LogP contribution in [0.2, 0.25) is 0 Å². The molecule has 4 aromatic rings. The predicted octanol–water partition coefficient (Wildman–Crippen LogP) is 4.68. The number of pyridine rings is 2. The van der Waals surface area contributed by atoms with Gasteiger partial charge in [-0.25, -0.2) is 14.8 Å². The van der Waals surface area contributed by atoms with E-state index in [9.17, 15) is 14.7 Å². The number of nitrogen functional groups attached to an aromatic ring is 2. The summed E-state index contributed by atoms with van der Waals surface area (Å²) < 4.78 is 25.0. The van der Waals surface area contributed by atoms with Gasteiger partial charge in [-0.05, 0) is 101 Å². The normalized spacial score (nSPS) is 26.7. The molecule has 57 heavy (non-hydrogen) atoms. The van der Waals surface area contributed by atoms with E-state index in [0.29, 0.717) is 60.9 Å². The van der Waals surface area contributed by atoms with E-state index in [0.717, 1.165) is 78.0 Å². The van der Waals surface area contributed by atoms with Crippen LogP contribution in [-0.4, -0.2) is 57.2 Å². The zero-order valence-electron chi connectivity index (χ0n) is 32.4. The van der Waals surface area contributed by atoms with Crippen molar-refractivity contribution in [1.82, 2.24) is 9.97 Å². The topological polar surface area (TPSA) is 193 Å². The third-order valence-corrected chi connectivity index (χ3v) is 12.8. The highest BCUT2D eigenvalue weighted by Crippen LogP contribution is 2.54. The van der Waals surface area contributed by atoms with Crippen LogP contribution in [0.25, 0.3) is 22.2 Å². The molecule has 0 amide bonds. The Bertz CT molecular complexity index is 2560. The van der Waals surface area contributed by atoms with Crippen molar-refractivity contribution in [1.29, 1.82) is 0 Å². The zero-order chi connectivity index (χ0) is 39.4. The number of nitrogens with two attached hydrogens (primary N) is 2. The summed E-state index contributed by atoms with van der Waals surface area (Å²) in [7, 11) is 0. The number of aryl methyl sites for hydroxylation is 2. The molecule has 294 valence electrons. The maximum atomic E-state index is 14.3. The molecule has 5 aliphatic heterocycles. The average molecular weight is 772 g/mol. The summed E-state index contributed by atoms with van der Waals surface area (Å²) >= 11 is 0. The lowest BCUT2D eigenvalue weighted by molar-refractivity contribution is -0.852. The van der Waals surface area contributed by atoms with Crippen LogP contribution in [-0.2, 0) is 40.1 Å². The number of hydrogen-bond donors (Lipinski definition) is 4. The van der Waals surface area contributed by atoms with Gasteiger partial charge in [0, 0.05) is 46.5 Å². The van der Waals surface area contributed by atoms with Gasteiger partial charge in [0.2, 0.25) is 0 Å². The van der Waals surface area contributed by atoms with Gasteiger partial charge in [0.25, 0.3) is 0 Å². The van der Waals surface area contributed by atoms with Crippen LogP contribution in [0.1, 0.15) is 92.0 Å². The molecule has 0 saturated carbocycles. The summed E-state index contributed by atoms with van der Waals surface area (Å²) in [6.45, 7) is 7.01. The second-order valence-electron chi connectivity index (χ2n) is 17.1. The van der Waals surface area contributed by atoms with Gasteiger partial charge < -0.3 is 35.2 Å². The summed E-state index contributed by atoms with van der Waals surface area (Å²) in [6.07, 6.45) is 11.4. The second-order valence-corrected chi connectivity index (χ2v) is 17.1. The van der Waals surface area contributed by atoms with Crippen LogP contribution in [0, 0.1) is 6.92 Å². The lowest BCUT2D eigenvalue weighted by atomic mass is 9.77. The SMILES string of the molecule is Cc1cc(=O)c2c(O)c3c(cc2o1)OC(C)(C)C1OC(=O)C2(CCCCC31)OC2CCc1cc(N)nc2c1CCCc1c-2cc(C[NH+]2C=C3N=CC=C3C2)nc1N. The van der Waals surface area contributed by atoms with Crippen LogP contribution in [0.4, 0.5) is 11.6 Å². The first kappa shape index (κ1) is 35.9. The van der Waals surface area contributed by atoms with E-state index in [1.54, 1.807) is 13.0 Å². The fraction of sp³-hybridized carbons (Fsp3) is 0.432. The number of aromatic nitrogens is 2. The van der Waals surface area contributed by atoms with Gasteiger partial charge in [0.05, 0.1) is 17.5 Å². The van der Waals surface area contributed by atoms with Crippen molar-refractivity contribution < 1.29 is 33.4 Å². The zero-order valence-corrected chi connectivity index (χ0v) is 32.4. The highest BCUT2D eigenvalue weighted by Gasteiger charge is 2.64. The van der Waals surface area contributed by atoms with E-state index in [-0.39, 0.29) is 28.3 Å².